The number of ether oxygens (including phenoxy) is 1. The maximum absolute atomic E-state index is 5.40. The molecule has 1 fully saturated rings. The van der Waals surface area contributed by atoms with Crippen LogP contribution in [0.25, 0.3) is 0 Å². The molecule has 0 aliphatic carbocycles. The first kappa shape index (κ1) is 12.0. The zero-order valence-corrected chi connectivity index (χ0v) is 11.0. The van der Waals surface area contributed by atoms with Gasteiger partial charge in [0.2, 0.25) is 0 Å². The molecular formula is C12H17BrN2O. The highest BCUT2D eigenvalue weighted by molar-refractivity contribution is 9.10. The third-order valence-corrected chi connectivity index (χ3v) is 3.80. The van der Waals surface area contributed by atoms with Crippen LogP contribution in [0.5, 0.6) is 0 Å². The Morgan fingerprint density at radius 3 is 2.88 bits per heavy atom. The molecule has 0 amide bonds. The third kappa shape index (κ3) is 2.62. The van der Waals surface area contributed by atoms with Crippen LogP contribution in [0.2, 0.25) is 0 Å². The minimum Gasteiger partial charge on any atom is -0.381 e. The summed E-state index contributed by atoms with van der Waals surface area (Å²) >= 11 is 3.57. The molecule has 1 unspecified atom stereocenters. The molecule has 0 spiro atoms. The van der Waals surface area contributed by atoms with E-state index in [2.05, 4.69) is 26.2 Å². The summed E-state index contributed by atoms with van der Waals surface area (Å²) in [5.41, 5.74) is 1.11. The van der Waals surface area contributed by atoms with Gasteiger partial charge in [-0.3, -0.25) is 4.98 Å². The first-order chi connectivity index (χ1) is 7.83. The number of rotatable bonds is 3. The predicted molar refractivity (Wildman–Crippen MR) is 67.3 cm³/mol. The molecule has 16 heavy (non-hydrogen) atoms. The number of nitrogens with one attached hydrogen (secondary N) is 1. The summed E-state index contributed by atoms with van der Waals surface area (Å²) in [6, 6.07) is 4.32. The minimum absolute atomic E-state index is 0.319. The zero-order valence-electron chi connectivity index (χ0n) is 9.45. The molecule has 4 heteroatoms. The van der Waals surface area contributed by atoms with Crippen molar-refractivity contribution in [3.8, 4) is 0 Å². The number of aromatic nitrogens is 1. The fourth-order valence-corrected chi connectivity index (χ4v) is 2.77. The number of hydrogen-bond acceptors (Lipinski definition) is 3. The molecular weight excluding hydrogens is 268 g/mol. The SMILES string of the molecule is CNC(c1ncccc1Br)C1CCOCC1. The molecule has 2 rings (SSSR count). The van der Waals surface area contributed by atoms with Gasteiger partial charge in [-0.25, -0.2) is 0 Å². The van der Waals surface area contributed by atoms with E-state index in [-0.39, 0.29) is 0 Å². The summed E-state index contributed by atoms with van der Waals surface area (Å²) in [7, 11) is 2.00. The van der Waals surface area contributed by atoms with E-state index in [4.69, 9.17) is 4.74 Å². The number of pyridine rings is 1. The van der Waals surface area contributed by atoms with E-state index in [1.54, 1.807) is 0 Å². The summed E-state index contributed by atoms with van der Waals surface area (Å²) in [5.74, 6) is 0.616. The van der Waals surface area contributed by atoms with Crippen molar-refractivity contribution in [2.45, 2.75) is 18.9 Å². The fourth-order valence-electron chi connectivity index (χ4n) is 2.27. The van der Waals surface area contributed by atoms with Gasteiger partial charge < -0.3 is 10.1 Å². The van der Waals surface area contributed by atoms with E-state index in [9.17, 15) is 0 Å². The van der Waals surface area contributed by atoms with Crippen molar-refractivity contribution in [2.24, 2.45) is 5.92 Å². The van der Waals surface area contributed by atoms with Crippen molar-refractivity contribution in [1.29, 1.82) is 0 Å². The lowest BCUT2D eigenvalue weighted by atomic mass is 9.89. The predicted octanol–water partition coefficient (Wildman–Crippen LogP) is 2.53. The Balaban J connectivity index is 2.18. The molecule has 0 radical (unpaired) electrons. The lowest BCUT2D eigenvalue weighted by Gasteiger charge is -2.30. The zero-order chi connectivity index (χ0) is 11.4. The summed E-state index contributed by atoms with van der Waals surface area (Å²) in [5, 5.41) is 3.38. The van der Waals surface area contributed by atoms with Gasteiger partial charge in [-0.2, -0.15) is 0 Å². The van der Waals surface area contributed by atoms with Crippen LogP contribution in [-0.4, -0.2) is 25.2 Å². The third-order valence-electron chi connectivity index (χ3n) is 3.13. The van der Waals surface area contributed by atoms with E-state index in [0.29, 0.717) is 12.0 Å². The molecule has 1 aromatic rings. The van der Waals surface area contributed by atoms with E-state index < -0.39 is 0 Å². The monoisotopic (exact) mass is 284 g/mol. The Morgan fingerprint density at radius 2 is 2.25 bits per heavy atom. The van der Waals surface area contributed by atoms with Crippen molar-refractivity contribution in [3.05, 3.63) is 28.5 Å². The molecule has 1 aliphatic heterocycles. The molecule has 0 saturated carbocycles. The molecule has 1 saturated heterocycles. The van der Waals surface area contributed by atoms with Gasteiger partial charge in [0.1, 0.15) is 0 Å². The summed E-state index contributed by atoms with van der Waals surface area (Å²) < 4.78 is 6.48. The lowest BCUT2D eigenvalue weighted by molar-refractivity contribution is 0.0540. The van der Waals surface area contributed by atoms with E-state index >= 15 is 0 Å². The van der Waals surface area contributed by atoms with Gasteiger partial charge in [-0.15, -0.1) is 0 Å². The molecule has 1 atom stereocenters. The van der Waals surface area contributed by atoms with Gasteiger partial charge in [0.05, 0.1) is 11.7 Å². The van der Waals surface area contributed by atoms with E-state index in [0.717, 1.165) is 36.2 Å². The molecule has 0 aromatic carbocycles. The Morgan fingerprint density at radius 1 is 1.50 bits per heavy atom. The quantitative estimate of drug-likeness (QED) is 0.926. The van der Waals surface area contributed by atoms with Crippen LogP contribution in [0.15, 0.2) is 22.8 Å². The lowest BCUT2D eigenvalue weighted by Crippen LogP contribution is -2.30. The van der Waals surface area contributed by atoms with Crippen molar-refractivity contribution < 1.29 is 4.74 Å². The molecule has 88 valence electrons. The molecule has 1 aromatic heterocycles. The highest BCUT2D eigenvalue weighted by Gasteiger charge is 2.26. The van der Waals surface area contributed by atoms with Gasteiger partial charge in [-0.1, -0.05) is 0 Å². The van der Waals surface area contributed by atoms with Crippen molar-refractivity contribution >= 4 is 15.9 Å². The topological polar surface area (TPSA) is 34.2 Å². The summed E-state index contributed by atoms with van der Waals surface area (Å²) in [4.78, 5) is 4.47. The minimum atomic E-state index is 0.319. The van der Waals surface area contributed by atoms with Gasteiger partial charge in [0, 0.05) is 23.9 Å². The van der Waals surface area contributed by atoms with Gasteiger partial charge in [0.15, 0.2) is 0 Å². The van der Waals surface area contributed by atoms with Gasteiger partial charge >= 0.3 is 0 Å². The number of nitrogens with zero attached hydrogens (tertiary/aromatic N) is 1. The normalized spacial score (nSPS) is 19.6. The van der Waals surface area contributed by atoms with Crippen molar-refractivity contribution in [1.82, 2.24) is 10.3 Å². The second kappa shape index (κ2) is 5.75. The maximum atomic E-state index is 5.40. The first-order valence-corrected chi connectivity index (χ1v) is 6.47. The van der Waals surface area contributed by atoms with Crippen molar-refractivity contribution in [3.63, 3.8) is 0 Å². The molecule has 1 aliphatic rings. The highest BCUT2D eigenvalue weighted by atomic mass is 79.9. The van der Waals surface area contributed by atoms with Gasteiger partial charge in [-0.05, 0) is 53.9 Å². The standard InChI is InChI=1S/C12H17BrN2O/c1-14-11(9-4-7-16-8-5-9)12-10(13)3-2-6-15-12/h2-3,6,9,11,14H,4-5,7-8H2,1H3. The van der Waals surface area contributed by atoms with Crippen LogP contribution in [0.1, 0.15) is 24.6 Å². The van der Waals surface area contributed by atoms with Crippen LogP contribution < -0.4 is 5.32 Å². The summed E-state index contributed by atoms with van der Waals surface area (Å²) in [6.45, 7) is 1.74. The largest absolute Gasteiger partial charge is 0.381 e. The Bertz CT molecular complexity index is 340. The van der Waals surface area contributed by atoms with Crippen LogP contribution in [0.3, 0.4) is 0 Å². The summed E-state index contributed by atoms with van der Waals surface area (Å²) in [6.07, 6.45) is 4.06. The average molecular weight is 285 g/mol. The molecule has 2 heterocycles. The van der Waals surface area contributed by atoms with Crippen LogP contribution in [-0.2, 0) is 4.74 Å². The second-order valence-corrected chi connectivity index (χ2v) is 4.94. The van der Waals surface area contributed by atoms with Crippen molar-refractivity contribution in [2.75, 3.05) is 20.3 Å². The fraction of sp³-hybridized carbons (Fsp3) is 0.583. The van der Waals surface area contributed by atoms with E-state index in [1.807, 2.05) is 25.4 Å². The Labute approximate surface area is 105 Å². The first-order valence-electron chi connectivity index (χ1n) is 5.68. The van der Waals surface area contributed by atoms with Gasteiger partial charge in [0.25, 0.3) is 0 Å². The number of hydrogen-bond donors (Lipinski definition) is 1. The Kier molecular flexibility index (Phi) is 4.32. The maximum Gasteiger partial charge on any atom is 0.0717 e. The van der Waals surface area contributed by atoms with Crippen LogP contribution in [0, 0.1) is 5.92 Å². The van der Waals surface area contributed by atoms with E-state index in [1.165, 1.54) is 0 Å². The highest BCUT2D eigenvalue weighted by Crippen LogP contribution is 2.32. The molecule has 0 bridgehead atoms. The van der Waals surface area contributed by atoms with Crippen LogP contribution >= 0.6 is 15.9 Å². The second-order valence-electron chi connectivity index (χ2n) is 4.09. The Hall–Kier alpha value is -0.450. The molecule has 3 nitrogen and oxygen atoms in total. The average Bonchev–Trinajstić information content (AvgIpc) is 2.34. The smallest absolute Gasteiger partial charge is 0.0717 e. The van der Waals surface area contributed by atoms with Crippen LogP contribution in [0.4, 0.5) is 0 Å². The number of halogens is 1. The molecule has 1 N–H and O–H groups in total.